The van der Waals surface area contributed by atoms with Crippen LogP contribution < -0.4 is 14.8 Å². The first-order chi connectivity index (χ1) is 8.08. The zero-order valence-corrected chi connectivity index (χ0v) is 9.31. The molecule has 1 aromatic rings. The van der Waals surface area contributed by atoms with Gasteiger partial charge < -0.3 is 19.9 Å². The van der Waals surface area contributed by atoms with Crippen molar-refractivity contribution in [3.63, 3.8) is 0 Å². The number of benzene rings is 1. The van der Waals surface area contributed by atoms with Gasteiger partial charge in [-0.25, -0.2) is 4.79 Å². The highest BCUT2D eigenvalue weighted by Gasteiger charge is 2.35. The van der Waals surface area contributed by atoms with Crippen molar-refractivity contribution in [2.24, 2.45) is 0 Å². The van der Waals surface area contributed by atoms with E-state index in [4.69, 9.17) is 14.6 Å². The Labute approximate surface area is 97.1 Å². The first-order valence-corrected chi connectivity index (χ1v) is 4.88. The maximum absolute atomic E-state index is 11.6. The van der Waals surface area contributed by atoms with Crippen LogP contribution >= 0.6 is 0 Å². The smallest absolute Gasteiger partial charge is 0.330 e. The summed E-state index contributed by atoms with van der Waals surface area (Å²) in [7, 11) is 2.90. The topological polar surface area (TPSA) is 84.9 Å². The summed E-state index contributed by atoms with van der Waals surface area (Å²) in [5.41, 5.74) is 0.690. The summed E-state index contributed by atoms with van der Waals surface area (Å²) in [5.74, 6) is -0.737. The molecule has 0 saturated carbocycles. The summed E-state index contributed by atoms with van der Waals surface area (Å²) in [5, 5.41) is 11.4. The lowest BCUT2D eigenvalue weighted by Gasteiger charge is -2.10. The number of amides is 1. The molecule has 1 heterocycles. The van der Waals surface area contributed by atoms with E-state index in [0.29, 0.717) is 22.6 Å². The highest BCUT2D eigenvalue weighted by molar-refractivity contribution is 6.04. The number of carboxylic acids is 1. The molecule has 6 nitrogen and oxygen atoms in total. The van der Waals surface area contributed by atoms with Crippen LogP contribution in [-0.2, 0) is 4.79 Å². The van der Waals surface area contributed by atoms with Gasteiger partial charge in [-0.2, -0.15) is 0 Å². The molecule has 1 aromatic carbocycles. The Morgan fingerprint density at radius 2 is 1.88 bits per heavy atom. The minimum Gasteiger partial charge on any atom is -0.493 e. The Kier molecular flexibility index (Phi) is 2.63. The Balaban J connectivity index is 2.58. The summed E-state index contributed by atoms with van der Waals surface area (Å²) in [6, 6.07) is 1.95. The second kappa shape index (κ2) is 3.97. The van der Waals surface area contributed by atoms with Crippen molar-refractivity contribution in [2.75, 3.05) is 14.2 Å². The molecule has 1 atom stereocenters. The lowest BCUT2D eigenvalue weighted by Crippen LogP contribution is -2.25. The van der Waals surface area contributed by atoms with Gasteiger partial charge in [0.15, 0.2) is 17.5 Å². The fourth-order valence-corrected chi connectivity index (χ4v) is 1.81. The van der Waals surface area contributed by atoms with E-state index in [2.05, 4.69) is 5.32 Å². The van der Waals surface area contributed by atoms with Crippen molar-refractivity contribution < 1.29 is 24.2 Å². The average molecular weight is 237 g/mol. The second-order valence-corrected chi connectivity index (χ2v) is 3.54. The molecule has 0 unspecified atom stereocenters. The third-order valence-electron chi connectivity index (χ3n) is 2.63. The molecule has 0 saturated heterocycles. The summed E-state index contributed by atoms with van der Waals surface area (Å²) < 4.78 is 10.1. The second-order valence-electron chi connectivity index (χ2n) is 3.54. The van der Waals surface area contributed by atoms with Crippen molar-refractivity contribution >= 4 is 11.9 Å². The molecule has 0 spiro atoms. The van der Waals surface area contributed by atoms with E-state index in [1.807, 2.05) is 0 Å². The molecule has 0 aliphatic carbocycles. The molecule has 1 aliphatic rings. The number of ether oxygens (including phenoxy) is 2. The summed E-state index contributed by atoms with van der Waals surface area (Å²) in [6.07, 6.45) is 0. The number of rotatable bonds is 3. The molecular weight excluding hydrogens is 226 g/mol. The van der Waals surface area contributed by atoms with Crippen molar-refractivity contribution in [3.8, 4) is 11.5 Å². The molecule has 6 heteroatoms. The standard InChI is InChI=1S/C11H11NO5/c1-16-7-3-5-6(4-8(7)17-2)10(13)12-9(5)11(14)15/h3-4,9H,1-2H3,(H,12,13)(H,14,15)/t9-/m0/s1. The van der Waals surface area contributed by atoms with Gasteiger partial charge in [-0.15, -0.1) is 0 Å². The fourth-order valence-electron chi connectivity index (χ4n) is 1.81. The average Bonchev–Trinajstić information content (AvgIpc) is 2.64. The van der Waals surface area contributed by atoms with Gasteiger partial charge in [-0.3, -0.25) is 4.79 Å². The molecule has 1 aliphatic heterocycles. The van der Waals surface area contributed by atoms with Crippen LogP contribution in [0.25, 0.3) is 0 Å². The van der Waals surface area contributed by atoms with Crippen molar-refractivity contribution in [1.29, 1.82) is 0 Å². The van der Waals surface area contributed by atoms with E-state index in [9.17, 15) is 9.59 Å². The van der Waals surface area contributed by atoms with E-state index in [1.54, 1.807) is 0 Å². The number of carboxylic acid groups (broad SMARTS) is 1. The number of methoxy groups -OCH3 is 2. The van der Waals surface area contributed by atoms with Gasteiger partial charge in [0, 0.05) is 11.1 Å². The third-order valence-corrected chi connectivity index (χ3v) is 2.63. The lowest BCUT2D eigenvalue weighted by molar-refractivity contribution is -0.139. The van der Waals surface area contributed by atoms with Crippen LogP contribution in [0.5, 0.6) is 11.5 Å². The number of hydrogen-bond donors (Lipinski definition) is 2. The largest absolute Gasteiger partial charge is 0.493 e. The summed E-state index contributed by atoms with van der Waals surface area (Å²) >= 11 is 0. The van der Waals surface area contributed by atoms with E-state index >= 15 is 0 Å². The summed E-state index contributed by atoms with van der Waals surface area (Å²) in [6.45, 7) is 0. The zero-order chi connectivity index (χ0) is 12.6. The molecule has 2 rings (SSSR count). The van der Waals surface area contributed by atoms with Crippen molar-refractivity contribution in [3.05, 3.63) is 23.3 Å². The molecule has 90 valence electrons. The number of fused-ring (bicyclic) bond motifs is 1. The number of nitrogens with one attached hydrogen (secondary N) is 1. The maximum atomic E-state index is 11.6. The van der Waals surface area contributed by atoms with Crippen LogP contribution in [0, 0.1) is 0 Å². The molecule has 0 aromatic heterocycles. The van der Waals surface area contributed by atoms with E-state index in [0.717, 1.165) is 0 Å². The predicted octanol–water partition coefficient (Wildman–Crippen LogP) is 0.573. The van der Waals surface area contributed by atoms with Gasteiger partial charge >= 0.3 is 5.97 Å². The van der Waals surface area contributed by atoms with Crippen LogP contribution in [-0.4, -0.2) is 31.2 Å². The highest BCUT2D eigenvalue weighted by atomic mass is 16.5. The molecule has 0 radical (unpaired) electrons. The first kappa shape index (κ1) is 11.3. The van der Waals surface area contributed by atoms with Gasteiger partial charge in [-0.05, 0) is 12.1 Å². The van der Waals surface area contributed by atoms with Gasteiger partial charge in [0.2, 0.25) is 0 Å². The normalized spacial score (nSPS) is 17.3. The Bertz CT molecular complexity index is 497. The number of carbonyl (C=O) groups excluding carboxylic acids is 1. The molecule has 1 amide bonds. The minimum atomic E-state index is -1.11. The number of hydrogen-bond acceptors (Lipinski definition) is 4. The SMILES string of the molecule is COc1cc2c(cc1OC)[C@@H](C(=O)O)NC2=O. The van der Waals surface area contributed by atoms with Crippen LogP contribution in [0.3, 0.4) is 0 Å². The van der Waals surface area contributed by atoms with Gasteiger partial charge in [-0.1, -0.05) is 0 Å². The van der Waals surface area contributed by atoms with Crippen LogP contribution in [0.2, 0.25) is 0 Å². The predicted molar refractivity (Wildman–Crippen MR) is 57.4 cm³/mol. The molecule has 17 heavy (non-hydrogen) atoms. The zero-order valence-electron chi connectivity index (χ0n) is 9.31. The molecule has 0 fully saturated rings. The lowest BCUT2D eigenvalue weighted by atomic mass is 10.0. The van der Waals surface area contributed by atoms with Crippen LogP contribution in [0.1, 0.15) is 22.0 Å². The van der Waals surface area contributed by atoms with E-state index in [1.165, 1.54) is 26.4 Å². The number of aliphatic carboxylic acids is 1. The quantitative estimate of drug-likeness (QED) is 0.802. The maximum Gasteiger partial charge on any atom is 0.330 e. The van der Waals surface area contributed by atoms with Gasteiger partial charge in [0.05, 0.1) is 14.2 Å². The molecule has 2 N–H and O–H groups in total. The van der Waals surface area contributed by atoms with Gasteiger partial charge in [0.25, 0.3) is 5.91 Å². The molecule has 0 bridgehead atoms. The number of carbonyl (C=O) groups is 2. The van der Waals surface area contributed by atoms with Crippen molar-refractivity contribution in [1.82, 2.24) is 5.32 Å². The van der Waals surface area contributed by atoms with Crippen LogP contribution in [0.15, 0.2) is 12.1 Å². The van der Waals surface area contributed by atoms with Crippen molar-refractivity contribution in [2.45, 2.75) is 6.04 Å². The third kappa shape index (κ3) is 1.67. The Morgan fingerprint density at radius 1 is 1.29 bits per heavy atom. The minimum absolute atomic E-state index is 0.301. The Hall–Kier alpha value is -2.24. The van der Waals surface area contributed by atoms with Crippen LogP contribution in [0.4, 0.5) is 0 Å². The van der Waals surface area contributed by atoms with E-state index < -0.39 is 17.9 Å². The van der Waals surface area contributed by atoms with E-state index in [-0.39, 0.29) is 0 Å². The monoisotopic (exact) mass is 237 g/mol. The highest BCUT2D eigenvalue weighted by Crippen LogP contribution is 2.36. The fraction of sp³-hybridized carbons (Fsp3) is 0.273. The Morgan fingerprint density at radius 3 is 2.41 bits per heavy atom. The van der Waals surface area contributed by atoms with Gasteiger partial charge in [0.1, 0.15) is 0 Å². The summed E-state index contributed by atoms with van der Waals surface area (Å²) in [4.78, 5) is 22.6. The molecular formula is C11H11NO5. The first-order valence-electron chi connectivity index (χ1n) is 4.88.